The van der Waals surface area contributed by atoms with E-state index in [0.29, 0.717) is 32.1 Å². The second-order valence-corrected chi connectivity index (χ2v) is 22.2. The molecule has 16 nitrogen and oxygen atoms in total. The smallest absolute Gasteiger partial charge is 0.306 e. The third-order valence-corrected chi connectivity index (χ3v) is 15.2. The predicted molar refractivity (Wildman–Crippen MR) is 301 cm³/mol. The number of rotatable bonds is 50. The molecule has 0 aromatic rings. The van der Waals surface area contributed by atoms with Crippen LogP contribution >= 0.6 is 0 Å². The van der Waals surface area contributed by atoms with Crippen molar-refractivity contribution in [2.45, 2.75) is 346 Å². The Kier molecular flexibility index (Phi) is 41.7. The monoisotopic (exact) mass is 1110 g/mol. The van der Waals surface area contributed by atoms with E-state index < -0.39 is 104 Å². The minimum Gasteiger partial charge on any atom is -0.455 e. The molecule has 0 unspecified atom stereocenters. The fraction of sp³-hybridized carbons (Fsp3) is 0.919. The zero-order valence-corrected chi connectivity index (χ0v) is 49.7. The van der Waals surface area contributed by atoms with Crippen molar-refractivity contribution in [2.75, 3.05) is 19.8 Å². The summed E-state index contributed by atoms with van der Waals surface area (Å²) in [6, 6.07) is 0. The van der Waals surface area contributed by atoms with Gasteiger partial charge in [0.15, 0.2) is 30.5 Å². The van der Waals surface area contributed by atoms with Crippen molar-refractivity contribution in [3.63, 3.8) is 0 Å². The Morgan fingerprint density at radius 1 is 0.346 bits per heavy atom. The van der Waals surface area contributed by atoms with Gasteiger partial charge in [-0.3, -0.25) is 24.0 Å². The lowest BCUT2D eigenvalue weighted by Gasteiger charge is -2.46. The van der Waals surface area contributed by atoms with Crippen LogP contribution in [0.4, 0.5) is 0 Å². The standard InChI is InChI=1S/C62H112O16/c1-6-11-16-21-26-31-36-41-51(66)72-56-49(46-63)71-61(59(75-54(69)44-39-34-29-24-19-14-9-4)58(56)74-53(68)43-38-33-28-23-18-13-8-3)78-62(48-65)60(76-55(70)45-40-35-30-25-20-15-10-5)57(50(47-64)77-62)73-52(67)42-37-32-27-22-17-12-7-2/h49-50,56-61,63-65H,6-48H2,1-5H3/t49-,50-,56-,57-,58+,59-,60+,61-,62+/m1/s1. The van der Waals surface area contributed by atoms with Gasteiger partial charge in [-0.25, -0.2) is 0 Å². The molecule has 0 aromatic heterocycles. The lowest BCUT2D eigenvalue weighted by molar-refractivity contribution is -0.384. The van der Waals surface area contributed by atoms with E-state index in [1.165, 1.54) is 0 Å². The predicted octanol–water partition coefficient (Wildman–Crippen LogP) is 13.1. The summed E-state index contributed by atoms with van der Waals surface area (Å²) < 4.78 is 50.0. The van der Waals surface area contributed by atoms with E-state index in [9.17, 15) is 39.3 Å². The first kappa shape index (κ1) is 71.2. The molecule has 2 heterocycles. The second-order valence-electron chi connectivity index (χ2n) is 22.2. The average Bonchev–Trinajstić information content (AvgIpc) is 3.75. The van der Waals surface area contributed by atoms with Gasteiger partial charge in [-0.1, -0.05) is 227 Å². The first-order valence-corrected chi connectivity index (χ1v) is 31.8. The number of esters is 5. The Bertz CT molecular complexity index is 1550. The van der Waals surface area contributed by atoms with E-state index in [-0.39, 0.29) is 32.1 Å². The molecule has 0 bridgehead atoms. The molecule has 2 rings (SSSR count). The van der Waals surface area contributed by atoms with Crippen LogP contribution in [-0.4, -0.2) is 120 Å². The van der Waals surface area contributed by atoms with Gasteiger partial charge < -0.3 is 53.2 Å². The molecule has 78 heavy (non-hydrogen) atoms. The molecule has 2 aliphatic rings. The van der Waals surface area contributed by atoms with Gasteiger partial charge in [0.1, 0.15) is 18.8 Å². The SMILES string of the molecule is CCCCCCCCCC(=O)O[C@@H]1[C@@H](OC(=O)CCCCCCCCC)[C@@H](O[C@]2(CO)O[C@H](CO)[C@@H](OC(=O)CCCCCCCCC)[C@@H]2OC(=O)CCCCCCCCC)O[C@H](CO)[C@H]1OC(=O)CCCCCCCCC. The Labute approximate surface area is 471 Å². The van der Waals surface area contributed by atoms with Crippen molar-refractivity contribution in [3.05, 3.63) is 0 Å². The van der Waals surface area contributed by atoms with Crippen LogP contribution in [0.5, 0.6) is 0 Å². The van der Waals surface area contributed by atoms with Gasteiger partial charge in [-0.15, -0.1) is 0 Å². The number of ether oxygens (including phenoxy) is 8. The van der Waals surface area contributed by atoms with E-state index in [2.05, 4.69) is 34.6 Å². The van der Waals surface area contributed by atoms with Crippen LogP contribution in [0.15, 0.2) is 0 Å². The van der Waals surface area contributed by atoms with Crippen LogP contribution in [0.3, 0.4) is 0 Å². The van der Waals surface area contributed by atoms with Crippen molar-refractivity contribution in [1.82, 2.24) is 0 Å². The van der Waals surface area contributed by atoms with Crippen LogP contribution < -0.4 is 0 Å². The first-order chi connectivity index (χ1) is 38.0. The number of hydrogen-bond acceptors (Lipinski definition) is 16. The molecule has 2 aliphatic heterocycles. The lowest BCUT2D eigenvalue weighted by Crippen LogP contribution is -2.65. The maximum atomic E-state index is 14.1. The van der Waals surface area contributed by atoms with Crippen molar-refractivity contribution in [3.8, 4) is 0 Å². The van der Waals surface area contributed by atoms with Crippen LogP contribution in [0, 0.1) is 0 Å². The number of carbonyl (C=O) groups excluding carboxylic acids is 5. The number of carbonyl (C=O) groups is 5. The molecule has 0 aliphatic carbocycles. The Hall–Kier alpha value is -2.89. The van der Waals surface area contributed by atoms with Gasteiger partial charge in [0, 0.05) is 32.1 Å². The Balaban J connectivity index is 2.63. The van der Waals surface area contributed by atoms with Crippen molar-refractivity contribution >= 4 is 29.8 Å². The second kappa shape index (κ2) is 45.7. The topological polar surface area (TPSA) is 220 Å². The molecule has 16 heteroatoms. The molecular weight excluding hydrogens is 1000 g/mol. The summed E-state index contributed by atoms with van der Waals surface area (Å²) in [5.74, 6) is -5.73. The van der Waals surface area contributed by atoms with Gasteiger partial charge in [0.05, 0.1) is 13.2 Å². The first-order valence-electron chi connectivity index (χ1n) is 31.8. The summed E-state index contributed by atoms with van der Waals surface area (Å²) in [6.07, 6.45) is 20.7. The molecule has 0 radical (unpaired) electrons. The van der Waals surface area contributed by atoms with E-state index in [0.717, 1.165) is 193 Å². The van der Waals surface area contributed by atoms with Crippen molar-refractivity contribution < 1.29 is 77.2 Å². The minimum absolute atomic E-state index is 0.00237. The summed E-state index contributed by atoms with van der Waals surface area (Å²) in [6.45, 7) is 8.18. The fourth-order valence-corrected chi connectivity index (χ4v) is 10.4. The highest BCUT2D eigenvalue weighted by Crippen LogP contribution is 2.41. The van der Waals surface area contributed by atoms with Gasteiger partial charge >= 0.3 is 29.8 Å². The van der Waals surface area contributed by atoms with E-state index >= 15 is 0 Å². The van der Waals surface area contributed by atoms with Crippen molar-refractivity contribution in [2.24, 2.45) is 0 Å². The Morgan fingerprint density at radius 3 is 0.949 bits per heavy atom. The molecule has 9 atom stereocenters. The van der Waals surface area contributed by atoms with E-state index in [4.69, 9.17) is 37.9 Å². The largest absolute Gasteiger partial charge is 0.455 e. The highest BCUT2D eigenvalue weighted by Gasteiger charge is 2.64. The fourth-order valence-electron chi connectivity index (χ4n) is 10.4. The van der Waals surface area contributed by atoms with E-state index in [1.807, 2.05) is 0 Å². The molecule has 2 saturated heterocycles. The maximum absolute atomic E-state index is 14.1. The van der Waals surface area contributed by atoms with Gasteiger partial charge in [0.25, 0.3) is 0 Å². The molecule has 2 fully saturated rings. The molecule has 456 valence electrons. The molecule has 0 spiro atoms. The molecule has 3 N–H and O–H groups in total. The van der Waals surface area contributed by atoms with Gasteiger partial charge in [0.2, 0.25) is 12.1 Å². The van der Waals surface area contributed by atoms with Crippen molar-refractivity contribution in [1.29, 1.82) is 0 Å². The maximum Gasteiger partial charge on any atom is 0.306 e. The highest BCUT2D eigenvalue weighted by atomic mass is 16.8. The summed E-state index contributed by atoms with van der Waals surface area (Å²) in [7, 11) is 0. The zero-order valence-electron chi connectivity index (χ0n) is 49.7. The van der Waals surface area contributed by atoms with Gasteiger partial charge in [-0.2, -0.15) is 0 Å². The molecule has 0 amide bonds. The summed E-state index contributed by atoms with van der Waals surface area (Å²) in [5.41, 5.74) is 0. The third kappa shape index (κ3) is 29.7. The quantitative estimate of drug-likeness (QED) is 0.0293. The van der Waals surface area contributed by atoms with Crippen LogP contribution in [0.25, 0.3) is 0 Å². The molecular formula is C62H112O16. The molecule has 0 saturated carbocycles. The zero-order chi connectivity index (χ0) is 57.1. The summed E-state index contributed by atoms with van der Waals surface area (Å²) >= 11 is 0. The van der Waals surface area contributed by atoms with Crippen LogP contribution in [0.1, 0.15) is 291 Å². The number of aliphatic hydroxyl groups is 3. The number of unbranched alkanes of at least 4 members (excludes halogenated alkanes) is 30. The Morgan fingerprint density at radius 2 is 0.628 bits per heavy atom. The third-order valence-electron chi connectivity index (χ3n) is 15.2. The summed E-state index contributed by atoms with van der Waals surface area (Å²) in [5, 5.41) is 33.3. The number of hydrogen-bond donors (Lipinski definition) is 3. The molecule has 0 aromatic carbocycles. The minimum atomic E-state index is -2.44. The summed E-state index contributed by atoms with van der Waals surface area (Å²) in [4.78, 5) is 69.3. The lowest BCUT2D eigenvalue weighted by atomic mass is 9.97. The van der Waals surface area contributed by atoms with Crippen LogP contribution in [-0.2, 0) is 61.9 Å². The number of aliphatic hydroxyl groups excluding tert-OH is 3. The van der Waals surface area contributed by atoms with Gasteiger partial charge in [-0.05, 0) is 32.1 Å². The van der Waals surface area contributed by atoms with E-state index in [1.54, 1.807) is 0 Å². The normalized spacial score (nSPS) is 23.0. The highest BCUT2D eigenvalue weighted by molar-refractivity contribution is 5.72. The van der Waals surface area contributed by atoms with Crippen LogP contribution in [0.2, 0.25) is 0 Å². The average molecular weight is 1110 g/mol.